The second-order valence-corrected chi connectivity index (χ2v) is 5.41. The maximum atomic E-state index is 5.95. The van der Waals surface area contributed by atoms with Crippen LogP contribution in [0, 0.1) is 6.92 Å². The molecule has 20 heavy (non-hydrogen) atoms. The lowest BCUT2D eigenvalue weighted by atomic mass is 10.1. The molecule has 0 aliphatic carbocycles. The molecule has 104 valence electrons. The lowest BCUT2D eigenvalue weighted by Gasteiger charge is -2.37. The van der Waals surface area contributed by atoms with Gasteiger partial charge in [-0.1, -0.05) is 18.2 Å². The van der Waals surface area contributed by atoms with Crippen LogP contribution in [0.4, 0.5) is 17.1 Å². The van der Waals surface area contributed by atoms with Crippen molar-refractivity contribution < 1.29 is 0 Å². The standard InChI is InChI=1S/C17H21N3/c1-14-11-15(18)13-17(12-14)20-9-7-19(8-10-20)16-5-3-2-4-6-16/h2-6,11-13H,7-10,18H2,1H3. The average molecular weight is 267 g/mol. The molecule has 0 radical (unpaired) electrons. The molecule has 1 saturated heterocycles. The third-order valence-electron chi connectivity index (χ3n) is 3.85. The largest absolute Gasteiger partial charge is 0.399 e. The van der Waals surface area contributed by atoms with E-state index in [4.69, 9.17) is 5.73 Å². The molecule has 0 atom stereocenters. The van der Waals surface area contributed by atoms with Crippen LogP contribution in [-0.4, -0.2) is 26.2 Å². The molecular weight excluding hydrogens is 246 g/mol. The molecule has 2 aromatic rings. The highest BCUT2D eigenvalue weighted by molar-refractivity contribution is 5.59. The van der Waals surface area contributed by atoms with E-state index in [1.807, 2.05) is 6.07 Å². The minimum atomic E-state index is 0.852. The normalized spacial score (nSPS) is 15.4. The second-order valence-electron chi connectivity index (χ2n) is 5.41. The van der Waals surface area contributed by atoms with Gasteiger partial charge in [-0.3, -0.25) is 0 Å². The van der Waals surface area contributed by atoms with Crippen molar-refractivity contribution in [3.8, 4) is 0 Å². The quantitative estimate of drug-likeness (QED) is 0.849. The SMILES string of the molecule is Cc1cc(N)cc(N2CCN(c3ccccc3)CC2)c1. The van der Waals surface area contributed by atoms with Crippen molar-refractivity contribution in [3.05, 3.63) is 54.1 Å². The molecule has 1 aliphatic heterocycles. The highest BCUT2D eigenvalue weighted by atomic mass is 15.3. The summed E-state index contributed by atoms with van der Waals surface area (Å²) in [6.07, 6.45) is 0. The molecule has 0 bridgehead atoms. The van der Waals surface area contributed by atoms with Crippen LogP contribution >= 0.6 is 0 Å². The minimum Gasteiger partial charge on any atom is -0.399 e. The van der Waals surface area contributed by atoms with E-state index >= 15 is 0 Å². The molecule has 0 spiro atoms. The monoisotopic (exact) mass is 267 g/mol. The Hall–Kier alpha value is -2.16. The maximum absolute atomic E-state index is 5.95. The highest BCUT2D eigenvalue weighted by Gasteiger charge is 2.17. The molecule has 1 aliphatic rings. The molecule has 0 aromatic heterocycles. The summed E-state index contributed by atoms with van der Waals surface area (Å²) in [7, 11) is 0. The van der Waals surface area contributed by atoms with Gasteiger partial charge in [-0.15, -0.1) is 0 Å². The van der Waals surface area contributed by atoms with Crippen LogP contribution in [0.15, 0.2) is 48.5 Å². The summed E-state index contributed by atoms with van der Waals surface area (Å²) in [5, 5.41) is 0. The van der Waals surface area contributed by atoms with Gasteiger partial charge in [-0.25, -0.2) is 0 Å². The van der Waals surface area contributed by atoms with E-state index in [9.17, 15) is 0 Å². The van der Waals surface area contributed by atoms with E-state index in [0.29, 0.717) is 0 Å². The summed E-state index contributed by atoms with van der Waals surface area (Å²) in [5.41, 5.74) is 10.6. The Morgan fingerprint density at radius 2 is 1.40 bits per heavy atom. The van der Waals surface area contributed by atoms with Gasteiger partial charge in [0.1, 0.15) is 0 Å². The molecule has 3 rings (SSSR count). The topological polar surface area (TPSA) is 32.5 Å². The van der Waals surface area contributed by atoms with Crippen molar-refractivity contribution in [2.24, 2.45) is 0 Å². The van der Waals surface area contributed by atoms with Gasteiger partial charge < -0.3 is 15.5 Å². The van der Waals surface area contributed by atoms with E-state index in [2.05, 4.69) is 59.2 Å². The van der Waals surface area contributed by atoms with Gasteiger partial charge >= 0.3 is 0 Å². The summed E-state index contributed by atoms with van der Waals surface area (Å²) >= 11 is 0. The lowest BCUT2D eigenvalue weighted by Crippen LogP contribution is -2.46. The molecule has 1 heterocycles. The Labute approximate surface area is 120 Å². The predicted molar refractivity (Wildman–Crippen MR) is 86.5 cm³/mol. The van der Waals surface area contributed by atoms with Gasteiger partial charge in [0.25, 0.3) is 0 Å². The molecule has 3 nitrogen and oxygen atoms in total. The third-order valence-corrected chi connectivity index (χ3v) is 3.85. The minimum absolute atomic E-state index is 0.852. The van der Waals surface area contributed by atoms with Crippen molar-refractivity contribution in [3.63, 3.8) is 0 Å². The fourth-order valence-electron chi connectivity index (χ4n) is 2.84. The predicted octanol–water partition coefficient (Wildman–Crippen LogP) is 2.90. The molecule has 2 N–H and O–H groups in total. The Balaban J connectivity index is 1.69. The van der Waals surface area contributed by atoms with Crippen molar-refractivity contribution in [2.45, 2.75) is 6.92 Å². The number of anilines is 3. The Morgan fingerprint density at radius 3 is 2.00 bits per heavy atom. The summed E-state index contributed by atoms with van der Waals surface area (Å²) in [4.78, 5) is 4.86. The number of aryl methyl sites for hydroxylation is 1. The van der Waals surface area contributed by atoms with Crippen LogP contribution in [0.3, 0.4) is 0 Å². The zero-order valence-electron chi connectivity index (χ0n) is 11.9. The Morgan fingerprint density at radius 1 is 0.800 bits per heavy atom. The van der Waals surface area contributed by atoms with Crippen LogP contribution in [-0.2, 0) is 0 Å². The third kappa shape index (κ3) is 2.72. The zero-order valence-corrected chi connectivity index (χ0v) is 11.9. The van der Waals surface area contributed by atoms with E-state index < -0.39 is 0 Å². The second kappa shape index (κ2) is 5.45. The summed E-state index contributed by atoms with van der Waals surface area (Å²) < 4.78 is 0. The number of hydrogen-bond donors (Lipinski definition) is 1. The smallest absolute Gasteiger partial charge is 0.0390 e. The van der Waals surface area contributed by atoms with Gasteiger partial charge in [0.2, 0.25) is 0 Å². The fourth-order valence-corrected chi connectivity index (χ4v) is 2.84. The van der Waals surface area contributed by atoms with E-state index in [1.54, 1.807) is 0 Å². The summed E-state index contributed by atoms with van der Waals surface area (Å²) in [5.74, 6) is 0. The van der Waals surface area contributed by atoms with E-state index in [1.165, 1.54) is 16.9 Å². The van der Waals surface area contributed by atoms with Gasteiger partial charge in [-0.2, -0.15) is 0 Å². The fraction of sp³-hybridized carbons (Fsp3) is 0.294. The zero-order chi connectivity index (χ0) is 13.9. The molecule has 0 unspecified atom stereocenters. The van der Waals surface area contributed by atoms with Crippen molar-refractivity contribution in [2.75, 3.05) is 41.7 Å². The first kappa shape index (κ1) is 12.9. The molecule has 1 fully saturated rings. The summed E-state index contributed by atoms with van der Waals surface area (Å²) in [6.45, 7) is 6.28. The van der Waals surface area contributed by atoms with Crippen LogP contribution < -0.4 is 15.5 Å². The molecule has 3 heteroatoms. The number of nitrogen functional groups attached to an aromatic ring is 1. The van der Waals surface area contributed by atoms with Crippen LogP contribution in [0.2, 0.25) is 0 Å². The van der Waals surface area contributed by atoms with E-state index in [0.717, 1.165) is 31.9 Å². The molecule has 2 aromatic carbocycles. The molecule has 0 saturated carbocycles. The lowest BCUT2D eigenvalue weighted by molar-refractivity contribution is 0.653. The van der Waals surface area contributed by atoms with Crippen LogP contribution in [0.5, 0.6) is 0 Å². The van der Waals surface area contributed by atoms with Crippen molar-refractivity contribution in [1.29, 1.82) is 0 Å². The maximum Gasteiger partial charge on any atom is 0.0390 e. The average Bonchev–Trinajstić information content (AvgIpc) is 2.47. The highest BCUT2D eigenvalue weighted by Crippen LogP contribution is 2.23. The van der Waals surface area contributed by atoms with E-state index in [-0.39, 0.29) is 0 Å². The number of hydrogen-bond acceptors (Lipinski definition) is 3. The first-order valence-corrected chi connectivity index (χ1v) is 7.14. The number of para-hydroxylation sites is 1. The Kier molecular flexibility index (Phi) is 3.50. The molecular formula is C17H21N3. The number of rotatable bonds is 2. The van der Waals surface area contributed by atoms with Gasteiger partial charge in [0, 0.05) is 43.2 Å². The van der Waals surface area contributed by atoms with Crippen molar-refractivity contribution in [1.82, 2.24) is 0 Å². The number of benzene rings is 2. The first-order valence-electron chi connectivity index (χ1n) is 7.14. The summed E-state index contributed by atoms with van der Waals surface area (Å²) in [6, 6.07) is 16.9. The number of nitrogens with two attached hydrogens (primary N) is 1. The number of nitrogens with zero attached hydrogens (tertiary/aromatic N) is 2. The van der Waals surface area contributed by atoms with Crippen LogP contribution in [0.25, 0.3) is 0 Å². The van der Waals surface area contributed by atoms with Gasteiger partial charge in [0.15, 0.2) is 0 Å². The van der Waals surface area contributed by atoms with Crippen molar-refractivity contribution >= 4 is 17.1 Å². The number of piperazine rings is 1. The first-order chi connectivity index (χ1) is 9.72. The van der Waals surface area contributed by atoms with Crippen LogP contribution in [0.1, 0.15) is 5.56 Å². The van der Waals surface area contributed by atoms with Gasteiger partial charge in [0.05, 0.1) is 0 Å². The van der Waals surface area contributed by atoms with Gasteiger partial charge in [-0.05, 0) is 42.8 Å². The Bertz CT molecular complexity index is 552. The molecule has 0 amide bonds.